The zero-order valence-corrected chi connectivity index (χ0v) is 11.7. The summed E-state index contributed by atoms with van der Waals surface area (Å²) in [6, 6.07) is 0. The van der Waals surface area contributed by atoms with Crippen LogP contribution >= 0.6 is 7.60 Å². The van der Waals surface area contributed by atoms with Crippen molar-refractivity contribution in [3.63, 3.8) is 0 Å². The zero-order chi connectivity index (χ0) is 15.2. The molecule has 1 aliphatic rings. The average Bonchev–Trinajstić information content (AvgIpc) is 2.96. The molecule has 0 bridgehead atoms. The van der Waals surface area contributed by atoms with Crippen molar-refractivity contribution in [3.8, 4) is 0 Å². The van der Waals surface area contributed by atoms with Gasteiger partial charge in [0, 0.05) is 0 Å². The van der Waals surface area contributed by atoms with E-state index in [1.165, 1.54) is 6.33 Å². The highest BCUT2D eigenvalue weighted by Gasteiger charge is 2.37. The zero-order valence-electron chi connectivity index (χ0n) is 10.8. The predicted molar refractivity (Wildman–Crippen MR) is 72.5 cm³/mol. The second kappa shape index (κ2) is 4.92. The van der Waals surface area contributed by atoms with Crippen molar-refractivity contribution < 1.29 is 19.1 Å². The van der Waals surface area contributed by atoms with Gasteiger partial charge in [-0.1, -0.05) is 0 Å². The fourth-order valence-corrected chi connectivity index (χ4v) is 3.25. The van der Waals surface area contributed by atoms with E-state index in [9.17, 15) is 9.36 Å². The van der Waals surface area contributed by atoms with Crippen molar-refractivity contribution in [1.29, 1.82) is 0 Å². The largest absolute Gasteiger partial charge is 0.369 e. The molecule has 0 amide bonds. The van der Waals surface area contributed by atoms with Gasteiger partial charge in [-0.25, -0.2) is 4.98 Å². The number of rotatable bonds is 3. The van der Waals surface area contributed by atoms with Crippen LogP contribution in [-0.4, -0.2) is 41.3 Å². The normalized spacial score (nSPS) is 23.0. The van der Waals surface area contributed by atoms with Gasteiger partial charge in [-0.05, 0) is 12.8 Å². The summed E-state index contributed by atoms with van der Waals surface area (Å²) in [5, 5.41) is 0. The number of fused-ring (bicyclic) bond motifs is 1. The van der Waals surface area contributed by atoms with E-state index in [0.717, 1.165) is 0 Å². The number of H-pyrrole nitrogens is 1. The molecule has 1 saturated heterocycles. The van der Waals surface area contributed by atoms with Crippen LogP contribution in [0.3, 0.4) is 0 Å². The first-order valence-corrected chi connectivity index (χ1v) is 7.94. The molecule has 0 unspecified atom stereocenters. The molecule has 21 heavy (non-hydrogen) atoms. The summed E-state index contributed by atoms with van der Waals surface area (Å²) >= 11 is 0. The molecule has 2 aromatic rings. The molecular formula is C10H14N5O5P. The highest BCUT2D eigenvalue weighted by Crippen LogP contribution is 2.48. The van der Waals surface area contributed by atoms with Gasteiger partial charge >= 0.3 is 7.60 Å². The van der Waals surface area contributed by atoms with Gasteiger partial charge in [-0.2, -0.15) is 4.98 Å². The highest BCUT2D eigenvalue weighted by molar-refractivity contribution is 7.52. The van der Waals surface area contributed by atoms with E-state index >= 15 is 0 Å². The van der Waals surface area contributed by atoms with Crippen LogP contribution in [0.1, 0.15) is 12.8 Å². The molecule has 5 N–H and O–H groups in total. The van der Waals surface area contributed by atoms with Crippen molar-refractivity contribution >= 4 is 24.7 Å². The number of ether oxygens (including phenoxy) is 1. The fourth-order valence-electron chi connectivity index (χ4n) is 2.43. The summed E-state index contributed by atoms with van der Waals surface area (Å²) in [5.41, 5.74) is 5.50. The van der Waals surface area contributed by atoms with Crippen LogP contribution < -0.4 is 11.3 Å². The van der Waals surface area contributed by atoms with E-state index in [0.29, 0.717) is 6.42 Å². The number of aromatic nitrogens is 4. The average molecular weight is 315 g/mol. The summed E-state index contributed by atoms with van der Waals surface area (Å²) in [6.45, 7) is 0.266. The quantitative estimate of drug-likeness (QED) is 0.546. The standard InChI is InChI=1S/C10H14N5O5P/c11-10-13-8-7(9(16)14-10)15(4-12-8)3-5-1-2-6(20-5)21(17,18)19/h4-6H,1-3H2,(H2,17,18,19)(H3,11,13,14,16)/t5-,6+/m0/s1. The summed E-state index contributed by atoms with van der Waals surface area (Å²) < 4.78 is 18.0. The molecular weight excluding hydrogens is 301 g/mol. The Kier molecular flexibility index (Phi) is 3.33. The molecule has 11 heteroatoms. The lowest BCUT2D eigenvalue weighted by Crippen LogP contribution is -2.20. The highest BCUT2D eigenvalue weighted by atomic mass is 31.2. The number of nitrogens with two attached hydrogens (primary N) is 1. The van der Waals surface area contributed by atoms with Gasteiger partial charge in [0.15, 0.2) is 17.0 Å². The van der Waals surface area contributed by atoms with Crippen LogP contribution in [0.2, 0.25) is 0 Å². The van der Waals surface area contributed by atoms with E-state index in [1.807, 2.05) is 0 Å². The lowest BCUT2D eigenvalue weighted by Gasteiger charge is -2.15. The Hall–Kier alpha value is -1.74. The molecule has 0 radical (unpaired) electrons. The van der Waals surface area contributed by atoms with E-state index in [-0.39, 0.29) is 30.1 Å². The summed E-state index contributed by atoms with van der Waals surface area (Å²) in [6.07, 6.45) is 1.82. The van der Waals surface area contributed by atoms with E-state index in [1.54, 1.807) is 4.57 Å². The van der Waals surface area contributed by atoms with Gasteiger partial charge in [0.1, 0.15) is 0 Å². The molecule has 0 aliphatic carbocycles. The first-order chi connectivity index (χ1) is 9.84. The first-order valence-electron chi connectivity index (χ1n) is 6.26. The summed E-state index contributed by atoms with van der Waals surface area (Å²) in [7, 11) is -4.25. The smallest absolute Gasteiger partial charge is 0.354 e. The number of aromatic amines is 1. The Morgan fingerprint density at radius 2 is 2.29 bits per heavy atom. The van der Waals surface area contributed by atoms with Crippen LogP contribution in [0.15, 0.2) is 11.1 Å². The molecule has 2 aromatic heterocycles. The van der Waals surface area contributed by atoms with Crippen LogP contribution in [0, 0.1) is 0 Å². The Morgan fingerprint density at radius 3 is 2.95 bits per heavy atom. The topological polar surface area (TPSA) is 156 Å². The fraction of sp³-hybridized carbons (Fsp3) is 0.500. The molecule has 3 rings (SSSR count). The SMILES string of the molecule is Nc1nc2ncn(C[C@@H]3CC[C@@H](P(=O)(O)O)O3)c2c(=O)[nH]1. The van der Waals surface area contributed by atoms with Gasteiger partial charge in [0.25, 0.3) is 5.56 Å². The van der Waals surface area contributed by atoms with Crippen LogP contribution in [0.25, 0.3) is 11.2 Å². The van der Waals surface area contributed by atoms with Gasteiger partial charge in [0.2, 0.25) is 5.95 Å². The molecule has 3 heterocycles. The Morgan fingerprint density at radius 1 is 1.52 bits per heavy atom. The summed E-state index contributed by atoms with van der Waals surface area (Å²) in [5.74, 6) is -1.10. The Bertz CT molecular complexity index is 780. The Balaban J connectivity index is 1.84. The third kappa shape index (κ3) is 2.70. The maximum atomic E-state index is 11.9. The van der Waals surface area contributed by atoms with Gasteiger partial charge in [-0.3, -0.25) is 14.3 Å². The number of imidazole rings is 1. The number of nitrogens with zero attached hydrogens (tertiary/aromatic N) is 3. The minimum atomic E-state index is -4.25. The van der Waals surface area contributed by atoms with E-state index in [2.05, 4.69) is 15.0 Å². The molecule has 0 spiro atoms. The molecule has 1 aliphatic heterocycles. The minimum absolute atomic E-state index is 0.0172. The molecule has 2 atom stereocenters. The van der Waals surface area contributed by atoms with Crippen molar-refractivity contribution in [2.75, 3.05) is 5.73 Å². The van der Waals surface area contributed by atoms with Crippen molar-refractivity contribution in [1.82, 2.24) is 19.5 Å². The monoisotopic (exact) mass is 315 g/mol. The van der Waals surface area contributed by atoms with Crippen molar-refractivity contribution in [2.45, 2.75) is 31.3 Å². The third-order valence-electron chi connectivity index (χ3n) is 3.36. The van der Waals surface area contributed by atoms with Gasteiger partial charge < -0.3 is 24.8 Å². The molecule has 0 saturated carbocycles. The van der Waals surface area contributed by atoms with Crippen molar-refractivity contribution in [3.05, 3.63) is 16.7 Å². The van der Waals surface area contributed by atoms with Crippen LogP contribution in [-0.2, 0) is 15.8 Å². The first kappa shape index (κ1) is 14.2. The van der Waals surface area contributed by atoms with Crippen LogP contribution in [0.5, 0.6) is 0 Å². The predicted octanol–water partition coefficient (Wildman–Crippen LogP) is -0.615. The number of nitrogen functional groups attached to an aromatic ring is 1. The van der Waals surface area contributed by atoms with Gasteiger partial charge in [-0.15, -0.1) is 0 Å². The molecule has 10 nitrogen and oxygen atoms in total. The number of anilines is 1. The molecule has 1 fully saturated rings. The number of nitrogens with one attached hydrogen (secondary N) is 1. The van der Waals surface area contributed by atoms with Crippen LogP contribution in [0.4, 0.5) is 5.95 Å². The molecule has 114 valence electrons. The van der Waals surface area contributed by atoms with E-state index in [4.69, 9.17) is 20.3 Å². The van der Waals surface area contributed by atoms with Crippen molar-refractivity contribution in [2.24, 2.45) is 0 Å². The minimum Gasteiger partial charge on any atom is -0.369 e. The molecule has 0 aromatic carbocycles. The number of hydrogen-bond acceptors (Lipinski definition) is 6. The Labute approximate surface area is 118 Å². The van der Waals surface area contributed by atoms with Gasteiger partial charge in [0.05, 0.1) is 19.0 Å². The second-order valence-electron chi connectivity index (χ2n) is 4.90. The third-order valence-corrected chi connectivity index (χ3v) is 4.49. The van der Waals surface area contributed by atoms with E-state index < -0.39 is 25.1 Å². The summed E-state index contributed by atoms with van der Waals surface area (Å²) in [4.78, 5) is 40.4. The lowest BCUT2D eigenvalue weighted by molar-refractivity contribution is 0.0621. The number of hydrogen-bond donors (Lipinski definition) is 4. The second-order valence-corrected chi connectivity index (χ2v) is 6.65. The maximum Gasteiger partial charge on any atom is 0.354 e. The lowest BCUT2D eigenvalue weighted by atomic mass is 10.2. The maximum absolute atomic E-state index is 11.9.